The van der Waals surface area contributed by atoms with Gasteiger partial charge in [-0.1, -0.05) is 11.6 Å². The predicted molar refractivity (Wildman–Crippen MR) is 64.6 cm³/mol. The standard InChI is InChI=1S/C11H12ClN3O2/c12-8-1-3-9(4-2-8)15-6-7(5-10(15)16)11(13)14-17/h1-4,7,17H,5-6H2,(H2,13,14). The number of amides is 1. The molecule has 17 heavy (non-hydrogen) atoms. The van der Waals surface area contributed by atoms with Crippen molar-refractivity contribution in [2.75, 3.05) is 11.4 Å². The van der Waals surface area contributed by atoms with E-state index in [1.54, 1.807) is 34.6 Å². The van der Waals surface area contributed by atoms with Crippen molar-refractivity contribution in [1.29, 1.82) is 5.41 Å². The molecule has 1 aromatic carbocycles. The summed E-state index contributed by atoms with van der Waals surface area (Å²) in [7, 11) is 0. The molecule has 90 valence electrons. The second-order valence-corrected chi connectivity index (χ2v) is 4.34. The number of carbonyl (C=O) groups is 1. The summed E-state index contributed by atoms with van der Waals surface area (Å²) in [5.41, 5.74) is 2.55. The van der Waals surface area contributed by atoms with Crippen LogP contribution in [-0.2, 0) is 4.79 Å². The number of hydrogen-bond acceptors (Lipinski definition) is 3. The third-order valence-electron chi connectivity index (χ3n) is 2.79. The lowest BCUT2D eigenvalue weighted by Gasteiger charge is -2.16. The zero-order valence-electron chi connectivity index (χ0n) is 8.98. The summed E-state index contributed by atoms with van der Waals surface area (Å²) in [4.78, 5) is 13.4. The molecule has 0 aromatic heterocycles. The van der Waals surface area contributed by atoms with Crippen LogP contribution in [-0.4, -0.2) is 23.5 Å². The molecule has 0 radical (unpaired) electrons. The van der Waals surface area contributed by atoms with E-state index in [1.807, 2.05) is 0 Å². The maximum absolute atomic E-state index is 11.8. The molecule has 3 N–H and O–H groups in total. The first-order valence-corrected chi connectivity index (χ1v) is 5.54. The number of halogens is 1. The van der Waals surface area contributed by atoms with E-state index >= 15 is 0 Å². The van der Waals surface area contributed by atoms with Gasteiger partial charge in [-0.2, -0.15) is 0 Å². The molecule has 1 fully saturated rings. The van der Waals surface area contributed by atoms with Gasteiger partial charge in [-0.3, -0.25) is 20.9 Å². The molecular formula is C11H12ClN3O2. The van der Waals surface area contributed by atoms with Gasteiger partial charge >= 0.3 is 0 Å². The Hall–Kier alpha value is -1.59. The molecular weight excluding hydrogens is 242 g/mol. The van der Waals surface area contributed by atoms with Gasteiger partial charge in [0.2, 0.25) is 5.91 Å². The second-order valence-electron chi connectivity index (χ2n) is 3.91. The number of benzene rings is 1. The smallest absolute Gasteiger partial charge is 0.227 e. The first-order chi connectivity index (χ1) is 8.11. The van der Waals surface area contributed by atoms with Gasteiger partial charge in [0.15, 0.2) is 0 Å². The Kier molecular flexibility index (Phi) is 3.31. The molecule has 5 nitrogen and oxygen atoms in total. The maximum atomic E-state index is 11.8. The minimum Gasteiger partial charge on any atom is -0.312 e. The Bertz CT molecular complexity index is 447. The van der Waals surface area contributed by atoms with Crippen LogP contribution in [0.5, 0.6) is 0 Å². The van der Waals surface area contributed by atoms with E-state index in [2.05, 4.69) is 0 Å². The summed E-state index contributed by atoms with van der Waals surface area (Å²) >= 11 is 5.78. The SMILES string of the molecule is N=C(NO)C1CC(=O)N(c2ccc(Cl)cc2)C1. The van der Waals surface area contributed by atoms with Crippen molar-refractivity contribution in [3.8, 4) is 0 Å². The van der Waals surface area contributed by atoms with Crippen LogP contribution >= 0.6 is 11.6 Å². The monoisotopic (exact) mass is 253 g/mol. The second kappa shape index (κ2) is 4.73. The van der Waals surface area contributed by atoms with Crippen molar-refractivity contribution in [2.45, 2.75) is 6.42 Å². The molecule has 2 rings (SSSR count). The molecule has 1 saturated heterocycles. The minimum absolute atomic E-state index is 0.0326. The highest BCUT2D eigenvalue weighted by Crippen LogP contribution is 2.26. The molecule has 1 aliphatic rings. The van der Waals surface area contributed by atoms with Gasteiger partial charge in [-0.25, -0.2) is 0 Å². The summed E-state index contributed by atoms with van der Waals surface area (Å²) in [6.45, 7) is 0.396. The van der Waals surface area contributed by atoms with E-state index in [1.165, 1.54) is 0 Å². The fraction of sp³-hybridized carbons (Fsp3) is 0.273. The molecule has 0 aliphatic carbocycles. The van der Waals surface area contributed by atoms with Crippen LogP contribution in [0.4, 0.5) is 5.69 Å². The molecule has 0 spiro atoms. The Morgan fingerprint density at radius 3 is 2.71 bits per heavy atom. The topological polar surface area (TPSA) is 76.4 Å². The fourth-order valence-corrected chi connectivity index (χ4v) is 1.99. The van der Waals surface area contributed by atoms with Crippen LogP contribution in [0.15, 0.2) is 24.3 Å². The van der Waals surface area contributed by atoms with Crippen molar-refractivity contribution < 1.29 is 10.0 Å². The average Bonchev–Trinajstić information content (AvgIpc) is 2.71. The van der Waals surface area contributed by atoms with E-state index in [0.29, 0.717) is 11.6 Å². The zero-order chi connectivity index (χ0) is 12.4. The number of rotatable bonds is 2. The van der Waals surface area contributed by atoms with Crippen LogP contribution in [0.25, 0.3) is 0 Å². The maximum Gasteiger partial charge on any atom is 0.227 e. The number of hydrogen-bond donors (Lipinski definition) is 3. The molecule has 0 saturated carbocycles. The average molecular weight is 254 g/mol. The summed E-state index contributed by atoms with van der Waals surface area (Å²) in [5, 5.41) is 16.7. The normalized spacial score (nSPS) is 19.5. The molecule has 1 aromatic rings. The van der Waals surface area contributed by atoms with E-state index < -0.39 is 0 Å². The van der Waals surface area contributed by atoms with Crippen molar-refractivity contribution in [1.82, 2.24) is 5.48 Å². The quantitative estimate of drug-likeness (QED) is 0.426. The lowest BCUT2D eigenvalue weighted by Crippen LogP contribution is -2.30. The van der Waals surface area contributed by atoms with Crippen molar-refractivity contribution in [3.63, 3.8) is 0 Å². The van der Waals surface area contributed by atoms with Gasteiger partial charge in [-0.05, 0) is 24.3 Å². The summed E-state index contributed by atoms with van der Waals surface area (Å²) in [6.07, 6.45) is 0.231. The molecule has 1 atom stereocenters. The molecule has 1 unspecified atom stereocenters. The van der Waals surface area contributed by atoms with Crippen molar-refractivity contribution in [2.24, 2.45) is 5.92 Å². The third-order valence-corrected chi connectivity index (χ3v) is 3.04. The molecule has 1 amide bonds. The van der Waals surface area contributed by atoms with Crippen molar-refractivity contribution in [3.05, 3.63) is 29.3 Å². The number of hydroxylamine groups is 1. The highest BCUT2D eigenvalue weighted by molar-refractivity contribution is 6.30. The van der Waals surface area contributed by atoms with Crippen LogP contribution < -0.4 is 10.4 Å². The predicted octanol–water partition coefficient (Wildman–Crippen LogP) is 1.65. The third kappa shape index (κ3) is 2.40. The van der Waals surface area contributed by atoms with E-state index in [4.69, 9.17) is 22.2 Å². The lowest BCUT2D eigenvalue weighted by atomic mass is 10.1. The van der Waals surface area contributed by atoms with Crippen molar-refractivity contribution >= 4 is 29.0 Å². The van der Waals surface area contributed by atoms with Gasteiger partial charge < -0.3 is 4.90 Å². The van der Waals surface area contributed by atoms with Crippen LogP contribution in [0.3, 0.4) is 0 Å². The fourth-order valence-electron chi connectivity index (χ4n) is 1.86. The molecule has 0 bridgehead atoms. The number of anilines is 1. The Morgan fingerprint density at radius 2 is 2.12 bits per heavy atom. The highest BCUT2D eigenvalue weighted by Gasteiger charge is 2.33. The van der Waals surface area contributed by atoms with Gasteiger partial charge in [0, 0.05) is 29.6 Å². The number of nitrogens with one attached hydrogen (secondary N) is 2. The van der Waals surface area contributed by atoms with Gasteiger partial charge in [0.1, 0.15) is 5.84 Å². The Morgan fingerprint density at radius 1 is 1.47 bits per heavy atom. The first-order valence-electron chi connectivity index (χ1n) is 5.16. The lowest BCUT2D eigenvalue weighted by molar-refractivity contribution is -0.117. The number of nitrogens with zero attached hydrogens (tertiary/aromatic N) is 1. The van der Waals surface area contributed by atoms with E-state index in [0.717, 1.165) is 5.69 Å². The van der Waals surface area contributed by atoms with Crippen LogP contribution in [0.2, 0.25) is 5.02 Å². The number of carbonyl (C=O) groups excluding carboxylic acids is 1. The summed E-state index contributed by atoms with van der Waals surface area (Å²) in [5.74, 6) is -0.379. The van der Waals surface area contributed by atoms with Crippen LogP contribution in [0, 0.1) is 11.3 Å². The zero-order valence-corrected chi connectivity index (χ0v) is 9.74. The minimum atomic E-state index is -0.289. The molecule has 6 heteroatoms. The van der Waals surface area contributed by atoms with Crippen LogP contribution in [0.1, 0.15) is 6.42 Å². The summed E-state index contributed by atoms with van der Waals surface area (Å²) < 4.78 is 0. The Labute approximate surface area is 103 Å². The molecule has 1 heterocycles. The van der Waals surface area contributed by atoms with E-state index in [9.17, 15) is 4.79 Å². The number of amidine groups is 1. The van der Waals surface area contributed by atoms with Gasteiger partial charge in [-0.15, -0.1) is 0 Å². The molecule has 1 aliphatic heterocycles. The first kappa shape index (κ1) is 11.9. The highest BCUT2D eigenvalue weighted by atomic mass is 35.5. The van der Waals surface area contributed by atoms with Gasteiger partial charge in [0.25, 0.3) is 0 Å². The largest absolute Gasteiger partial charge is 0.312 e. The van der Waals surface area contributed by atoms with E-state index in [-0.39, 0.29) is 24.1 Å². The Balaban J connectivity index is 2.15. The summed E-state index contributed by atoms with van der Waals surface area (Å²) in [6, 6.07) is 6.96. The van der Waals surface area contributed by atoms with Gasteiger partial charge in [0.05, 0.1) is 0 Å².